The molecule has 2 N–H and O–H groups in total. The van der Waals surface area contributed by atoms with Crippen LogP contribution in [0.4, 0.5) is 0 Å². The van der Waals surface area contributed by atoms with Crippen LogP contribution in [-0.4, -0.2) is 38.8 Å². The maximum atomic E-state index is 11.6. The Bertz CT molecular complexity index is 221. The number of nitrogens with one attached hydrogen (secondary N) is 2. The second kappa shape index (κ2) is 12.7. The Labute approximate surface area is 123 Å². The van der Waals surface area contributed by atoms with E-state index in [9.17, 15) is 4.79 Å². The molecule has 114 valence electrons. The van der Waals surface area contributed by atoms with Crippen molar-refractivity contribution in [2.75, 3.05) is 32.8 Å². The lowest BCUT2D eigenvalue weighted by atomic mass is 10.0. The summed E-state index contributed by atoms with van der Waals surface area (Å²) >= 11 is 0. The molecule has 1 aliphatic heterocycles. The molecule has 1 atom stereocenters. The van der Waals surface area contributed by atoms with Crippen LogP contribution >= 0.6 is 12.4 Å². The first-order valence-corrected chi connectivity index (χ1v) is 7.38. The Hall–Kier alpha value is -0.320. The van der Waals surface area contributed by atoms with Gasteiger partial charge in [0.15, 0.2) is 0 Å². The summed E-state index contributed by atoms with van der Waals surface area (Å²) in [5.41, 5.74) is 0. The molecular weight excluding hydrogens is 264 g/mol. The van der Waals surface area contributed by atoms with E-state index in [1.807, 2.05) is 0 Å². The van der Waals surface area contributed by atoms with Gasteiger partial charge in [-0.15, -0.1) is 12.4 Å². The van der Waals surface area contributed by atoms with Gasteiger partial charge in [-0.1, -0.05) is 13.3 Å². The molecule has 0 saturated carbocycles. The molecule has 5 heteroatoms. The standard InChI is InChI=1S/C14H28N2O2.ClH/c1-2-3-10-18-11-4-8-16-14(17)6-5-13-7-9-15-12-13;/h13,15H,2-12H2,1H3,(H,16,17);1H. The second-order valence-corrected chi connectivity index (χ2v) is 5.07. The van der Waals surface area contributed by atoms with E-state index in [0.29, 0.717) is 12.3 Å². The highest BCUT2D eigenvalue weighted by Crippen LogP contribution is 2.13. The summed E-state index contributed by atoms with van der Waals surface area (Å²) in [6, 6.07) is 0. The summed E-state index contributed by atoms with van der Waals surface area (Å²) in [5.74, 6) is 0.892. The first-order chi connectivity index (χ1) is 8.83. The maximum Gasteiger partial charge on any atom is 0.220 e. The van der Waals surface area contributed by atoms with Crippen LogP contribution in [0.5, 0.6) is 0 Å². The van der Waals surface area contributed by atoms with Gasteiger partial charge in [-0.2, -0.15) is 0 Å². The highest BCUT2D eigenvalue weighted by atomic mass is 35.5. The van der Waals surface area contributed by atoms with Crippen molar-refractivity contribution in [3.63, 3.8) is 0 Å². The Morgan fingerprint density at radius 1 is 1.37 bits per heavy atom. The van der Waals surface area contributed by atoms with Crippen LogP contribution in [0.2, 0.25) is 0 Å². The lowest BCUT2D eigenvalue weighted by Gasteiger charge is -2.08. The van der Waals surface area contributed by atoms with Crippen molar-refractivity contribution in [3.8, 4) is 0 Å². The molecule has 1 unspecified atom stereocenters. The Morgan fingerprint density at radius 2 is 2.16 bits per heavy atom. The summed E-state index contributed by atoms with van der Waals surface area (Å²) in [7, 11) is 0. The van der Waals surface area contributed by atoms with E-state index in [-0.39, 0.29) is 18.3 Å². The van der Waals surface area contributed by atoms with Crippen molar-refractivity contribution in [2.45, 2.75) is 45.4 Å². The van der Waals surface area contributed by atoms with Gasteiger partial charge in [-0.05, 0) is 44.7 Å². The molecule has 0 bridgehead atoms. The molecule has 0 aromatic rings. The van der Waals surface area contributed by atoms with Crippen LogP contribution in [-0.2, 0) is 9.53 Å². The third-order valence-electron chi connectivity index (χ3n) is 3.37. The number of unbranched alkanes of at least 4 members (excludes halogenated alkanes) is 1. The van der Waals surface area contributed by atoms with Crippen molar-refractivity contribution in [3.05, 3.63) is 0 Å². The zero-order valence-corrected chi connectivity index (χ0v) is 12.9. The van der Waals surface area contributed by atoms with E-state index in [2.05, 4.69) is 17.6 Å². The zero-order chi connectivity index (χ0) is 13.1. The van der Waals surface area contributed by atoms with Gasteiger partial charge in [0.25, 0.3) is 0 Å². The second-order valence-electron chi connectivity index (χ2n) is 5.07. The number of ether oxygens (including phenoxy) is 1. The quantitative estimate of drug-likeness (QED) is 0.607. The molecule has 19 heavy (non-hydrogen) atoms. The van der Waals surface area contributed by atoms with E-state index >= 15 is 0 Å². The van der Waals surface area contributed by atoms with Gasteiger partial charge in [0.1, 0.15) is 0 Å². The molecule has 0 radical (unpaired) electrons. The van der Waals surface area contributed by atoms with Gasteiger partial charge in [0.05, 0.1) is 0 Å². The van der Waals surface area contributed by atoms with Crippen LogP contribution in [0.15, 0.2) is 0 Å². The average molecular weight is 293 g/mol. The lowest BCUT2D eigenvalue weighted by Crippen LogP contribution is -2.25. The lowest BCUT2D eigenvalue weighted by molar-refractivity contribution is -0.121. The first kappa shape index (κ1) is 18.7. The number of carbonyl (C=O) groups excluding carboxylic acids is 1. The number of carbonyl (C=O) groups is 1. The summed E-state index contributed by atoms with van der Waals surface area (Å²) in [6.45, 7) is 6.70. The maximum absolute atomic E-state index is 11.6. The molecule has 1 fully saturated rings. The zero-order valence-electron chi connectivity index (χ0n) is 12.1. The molecule has 1 rings (SSSR count). The fraction of sp³-hybridized carbons (Fsp3) is 0.929. The van der Waals surface area contributed by atoms with E-state index in [0.717, 1.165) is 52.1 Å². The molecule has 4 nitrogen and oxygen atoms in total. The van der Waals surface area contributed by atoms with Crippen molar-refractivity contribution >= 4 is 18.3 Å². The third kappa shape index (κ3) is 10.2. The third-order valence-corrected chi connectivity index (χ3v) is 3.37. The summed E-state index contributed by atoms with van der Waals surface area (Å²) in [5, 5.41) is 6.28. The smallest absolute Gasteiger partial charge is 0.220 e. The first-order valence-electron chi connectivity index (χ1n) is 7.38. The van der Waals surface area contributed by atoms with Gasteiger partial charge in [-0.3, -0.25) is 4.79 Å². The monoisotopic (exact) mass is 292 g/mol. The largest absolute Gasteiger partial charge is 0.381 e. The minimum Gasteiger partial charge on any atom is -0.381 e. The Balaban J connectivity index is 0.00000324. The number of hydrogen-bond acceptors (Lipinski definition) is 3. The van der Waals surface area contributed by atoms with Crippen molar-refractivity contribution in [1.82, 2.24) is 10.6 Å². The number of rotatable bonds is 10. The van der Waals surface area contributed by atoms with Crippen molar-refractivity contribution < 1.29 is 9.53 Å². The minimum atomic E-state index is 0. The van der Waals surface area contributed by atoms with Crippen LogP contribution in [0.25, 0.3) is 0 Å². The fourth-order valence-corrected chi connectivity index (χ4v) is 2.13. The van der Waals surface area contributed by atoms with Gasteiger partial charge >= 0.3 is 0 Å². The average Bonchev–Trinajstić information content (AvgIpc) is 2.88. The van der Waals surface area contributed by atoms with Crippen molar-refractivity contribution in [2.24, 2.45) is 5.92 Å². The topological polar surface area (TPSA) is 50.4 Å². The highest BCUT2D eigenvalue weighted by Gasteiger charge is 2.15. The number of amides is 1. The predicted molar refractivity (Wildman–Crippen MR) is 80.8 cm³/mol. The van der Waals surface area contributed by atoms with E-state index in [1.165, 1.54) is 12.8 Å². The number of halogens is 1. The van der Waals surface area contributed by atoms with Gasteiger partial charge in [0.2, 0.25) is 5.91 Å². The summed E-state index contributed by atoms with van der Waals surface area (Å²) in [4.78, 5) is 11.6. The molecule has 0 spiro atoms. The van der Waals surface area contributed by atoms with E-state index in [4.69, 9.17) is 4.74 Å². The van der Waals surface area contributed by atoms with Crippen LogP contribution in [0.1, 0.15) is 45.4 Å². The molecule has 1 aliphatic rings. The van der Waals surface area contributed by atoms with Gasteiger partial charge < -0.3 is 15.4 Å². The summed E-state index contributed by atoms with van der Waals surface area (Å²) in [6.07, 6.45) is 6.13. The van der Waals surface area contributed by atoms with Gasteiger partial charge in [0, 0.05) is 26.2 Å². The van der Waals surface area contributed by atoms with Crippen LogP contribution in [0, 0.1) is 5.92 Å². The van der Waals surface area contributed by atoms with Crippen molar-refractivity contribution in [1.29, 1.82) is 0 Å². The Morgan fingerprint density at radius 3 is 2.84 bits per heavy atom. The normalized spacial score (nSPS) is 18.1. The molecular formula is C14H29ClN2O2. The molecule has 1 saturated heterocycles. The highest BCUT2D eigenvalue weighted by molar-refractivity contribution is 5.85. The van der Waals surface area contributed by atoms with Gasteiger partial charge in [-0.25, -0.2) is 0 Å². The SMILES string of the molecule is CCCCOCCCNC(=O)CCC1CCNC1.Cl. The Kier molecular flexibility index (Phi) is 12.5. The molecule has 0 aromatic heterocycles. The predicted octanol–water partition coefficient (Wildman–Crippen LogP) is 2.12. The van der Waals surface area contributed by atoms with E-state index < -0.39 is 0 Å². The molecule has 1 amide bonds. The van der Waals surface area contributed by atoms with E-state index in [1.54, 1.807) is 0 Å². The van der Waals surface area contributed by atoms with Crippen LogP contribution in [0.3, 0.4) is 0 Å². The summed E-state index contributed by atoms with van der Waals surface area (Å²) < 4.78 is 5.44. The minimum absolute atomic E-state index is 0. The molecule has 0 aromatic carbocycles. The molecule has 0 aliphatic carbocycles. The molecule has 1 heterocycles. The number of hydrogen-bond donors (Lipinski definition) is 2. The van der Waals surface area contributed by atoms with Crippen LogP contribution < -0.4 is 10.6 Å². The fourth-order valence-electron chi connectivity index (χ4n) is 2.13.